The number of hydrazine groups is 1. The maximum atomic E-state index is 5.67. The van der Waals surface area contributed by atoms with Gasteiger partial charge in [-0.3, -0.25) is 10.4 Å². The molecule has 3 nitrogen and oxygen atoms in total. The van der Waals surface area contributed by atoms with Crippen LogP contribution in [-0.2, 0) is 4.74 Å². The number of nitrogens with one attached hydrogen (secondary N) is 1. The van der Waals surface area contributed by atoms with Crippen molar-refractivity contribution in [3.8, 4) is 0 Å². The first kappa shape index (κ1) is 11.0. The van der Waals surface area contributed by atoms with Crippen molar-refractivity contribution in [2.45, 2.75) is 44.8 Å². The van der Waals surface area contributed by atoms with Crippen LogP contribution in [0.3, 0.4) is 0 Å². The number of hydrogen-bond acceptors (Lipinski definition) is 3. The number of ether oxygens (including phenoxy) is 1. The van der Waals surface area contributed by atoms with Crippen LogP contribution < -0.4 is 5.43 Å². The normalized spacial score (nSPS) is 29.5. The van der Waals surface area contributed by atoms with Crippen LogP contribution >= 0.6 is 0 Å². The Morgan fingerprint density at radius 2 is 2.23 bits per heavy atom. The molecule has 1 fully saturated rings. The molecule has 1 rings (SSSR count). The van der Waals surface area contributed by atoms with Crippen LogP contribution in [0.4, 0.5) is 0 Å². The zero-order chi connectivity index (χ0) is 9.68. The third kappa shape index (κ3) is 4.07. The molecule has 3 heteroatoms. The van der Waals surface area contributed by atoms with Gasteiger partial charge >= 0.3 is 0 Å². The fourth-order valence-corrected chi connectivity index (χ4v) is 1.89. The van der Waals surface area contributed by atoms with E-state index in [0.717, 1.165) is 19.4 Å². The maximum Gasteiger partial charge on any atom is 0.0590 e. The lowest BCUT2D eigenvalue weighted by atomic mass is 10.0. The summed E-state index contributed by atoms with van der Waals surface area (Å²) in [5, 5.41) is 2.04. The van der Waals surface area contributed by atoms with E-state index in [-0.39, 0.29) is 0 Å². The molecule has 2 atom stereocenters. The highest BCUT2D eigenvalue weighted by atomic mass is 16.5. The zero-order valence-corrected chi connectivity index (χ0v) is 9.05. The highest BCUT2D eigenvalue weighted by Gasteiger charge is 2.21. The topological polar surface area (TPSA) is 24.5 Å². The summed E-state index contributed by atoms with van der Waals surface area (Å²) in [6.07, 6.45) is 5.20. The fraction of sp³-hybridized carbons (Fsp3) is 1.00. The van der Waals surface area contributed by atoms with Gasteiger partial charge in [0.2, 0.25) is 0 Å². The molecular weight excluding hydrogens is 164 g/mol. The van der Waals surface area contributed by atoms with Crippen LogP contribution in [0, 0.1) is 0 Å². The van der Waals surface area contributed by atoms with Gasteiger partial charge in [-0.15, -0.1) is 0 Å². The van der Waals surface area contributed by atoms with Crippen LogP contribution in [0.5, 0.6) is 0 Å². The Morgan fingerprint density at radius 1 is 1.46 bits per heavy atom. The largest absolute Gasteiger partial charge is 0.378 e. The molecule has 0 amide bonds. The van der Waals surface area contributed by atoms with Gasteiger partial charge in [0.15, 0.2) is 0 Å². The molecule has 0 aliphatic carbocycles. The molecule has 1 N–H and O–H groups in total. The molecule has 0 radical (unpaired) electrons. The number of hydrogen-bond donors (Lipinski definition) is 1. The van der Waals surface area contributed by atoms with Gasteiger partial charge in [0, 0.05) is 26.7 Å². The van der Waals surface area contributed by atoms with Gasteiger partial charge < -0.3 is 4.74 Å². The average Bonchev–Trinajstić information content (AvgIpc) is 2.04. The monoisotopic (exact) mass is 186 g/mol. The van der Waals surface area contributed by atoms with E-state index in [1.165, 1.54) is 12.8 Å². The number of nitrogens with zero attached hydrogens (tertiary/aromatic N) is 1. The Kier molecular flexibility index (Phi) is 4.70. The Morgan fingerprint density at radius 3 is 2.85 bits per heavy atom. The van der Waals surface area contributed by atoms with Gasteiger partial charge in [-0.05, 0) is 19.3 Å². The van der Waals surface area contributed by atoms with Gasteiger partial charge in [0.05, 0.1) is 6.10 Å². The first-order chi connectivity index (χ1) is 6.22. The molecule has 0 spiro atoms. The Balaban J connectivity index is 2.24. The van der Waals surface area contributed by atoms with Gasteiger partial charge in [0.25, 0.3) is 0 Å². The van der Waals surface area contributed by atoms with E-state index in [1.807, 2.05) is 19.1 Å². The van der Waals surface area contributed by atoms with Crippen LogP contribution in [0.15, 0.2) is 0 Å². The molecule has 0 aromatic heterocycles. The summed E-state index contributed by atoms with van der Waals surface area (Å²) in [7, 11) is 4.09. The van der Waals surface area contributed by atoms with E-state index >= 15 is 0 Å². The average molecular weight is 186 g/mol. The fourth-order valence-electron chi connectivity index (χ4n) is 1.89. The van der Waals surface area contributed by atoms with Crippen molar-refractivity contribution < 1.29 is 4.74 Å². The van der Waals surface area contributed by atoms with Gasteiger partial charge in [-0.2, -0.15) is 0 Å². The highest BCUT2D eigenvalue weighted by Crippen LogP contribution is 2.17. The summed E-state index contributed by atoms with van der Waals surface area (Å²) >= 11 is 0. The van der Waals surface area contributed by atoms with Gasteiger partial charge in [-0.1, -0.05) is 13.3 Å². The molecule has 1 aliphatic rings. The second-order valence-corrected chi connectivity index (χ2v) is 4.03. The van der Waals surface area contributed by atoms with Crippen molar-refractivity contribution >= 4 is 0 Å². The molecule has 1 heterocycles. The van der Waals surface area contributed by atoms with E-state index in [4.69, 9.17) is 4.74 Å². The molecule has 0 aromatic rings. The van der Waals surface area contributed by atoms with Crippen molar-refractivity contribution in [2.24, 2.45) is 0 Å². The molecule has 0 saturated carbocycles. The van der Waals surface area contributed by atoms with E-state index in [1.54, 1.807) is 0 Å². The summed E-state index contributed by atoms with van der Waals surface area (Å²) < 4.78 is 5.67. The molecule has 0 bridgehead atoms. The summed E-state index contributed by atoms with van der Waals surface area (Å²) in [4.78, 5) is 0. The minimum atomic E-state index is 0.483. The predicted molar refractivity (Wildman–Crippen MR) is 54.5 cm³/mol. The van der Waals surface area contributed by atoms with Crippen molar-refractivity contribution in [1.29, 1.82) is 0 Å². The minimum absolute atomic E-state index is 0.483. The summed E-state index contributed by atoms with van der Waals surface area (Å²) in [6.45, 7) is 3.13. The summed E-state index contributed by atoms with van der Waals surface area (Å²) in [6, 6.07) is 0.611. The minimum Gasteiger partial charge on any atom is -0.378 e. The Labute approximate surface area is 81.4 Å². The smallest absolute Gasteiger partial charge is 0.0590 e. The van der Waals surface area contributed by atoms with Gasteiger partial charge in [-0.25, -0.2) is 0 Å². The lowest BCUT2D eigenvalue weighted by Gasteiger charge is -2.31. The quantitative estimate of drug-likeness (QED) is 0.672. The molecular formula is C10H22N2O. The molecule has 1 saturated heterocycles. The van der Waals surface area contributed by atoms with E-state index < -0.39 is 0 Å². The third-order valence-electron chi connectivity index (χ3n) is 2.42. The molecule has 13 heavy (non-hydrogen) atoms. The summed E-state index contributed by atoms with van der Waals surface area (Å²) in [5.41, 5.74) is 3.42. The van der Waals surface area contributed by atoms with Crippen molar-refractivity contribution in [3.63, 3.8) is 0 Å². The van der Waals surface area contributed by atoms with E-state index in [9.17, 15) is 0 Å². The SMILES string of the molecule is CCCC1CC(NN(C)C)CCO1. The second-order valence-electron chi connectivity index (χ2n) is 4.03. The molecule has 0 aromatic carbocycles. The highest BCUT2D eigenvalue weighted by molar-refractivity contribution is 4.75. The van der Waals surface area contributed by atoms with E-state index in [2.05, 4.69) is 12.3 Å². The maximum absolute atomic E-state index is 5.67. The van der Waals surface area contributed by atoms with Crippen LogP contribution in [-0.4, -0.2) is 37.9 Å². The molecule has 1 aliphatic heterocycles. The van der Waals surface area contributed by atoms with Crippen LogP contribution in [0.2, 0.25) is 0 Å². The van der Waals surface area contributed by atoms with Gasteiger partial charge in [0.1, 0.15) is 0 Å². The number of rotatable bonds is 4. The standard InChI is InChI=1S/C10H22N2O/c1-4-5-10-8-9(6-7-13-10)11-12(2)3/h9-11H,4-8H2,1-3H3. The summed E-state index contributed by atoms with van der Waals surface area (Å²) in [5.74, 6) is 0. The molecule has 78 valence electrons. The van der Waals surface area contributed by atoms with Crippen LogP contribution in [0.1, 0.15) is 32.6 Å². The first-order valence-corrected chi connectivity index (χ1v) is 5.27. The van der Waals surface area contributed by atoms with Crippen molar-refractivity contribution in [2.75, 3.05) is 20.7 Å². The lowest BCUT2D eigenvalue weighted by Crippen LogP contribution is -2.45. The predicted octanol–water partition coefficient (Wildman–Crippen LogP) is 1.40. The van der Waals surface area contributed by atoms with E-state index in [0.29, 0.717) is 12.1 Å². The Bertz CT molecular complexity index is 137. The molecule has 2 unspecified atom stereocenters. The van der Waals surface area contributed by atoms with Crippen LogP contribution in [0.25, 0.3) is 0 Å². The lowest BCUT2D eigenvalue weighted by molar-refractivity contribution is -0.0138. The van der Waals surface area contributed by atoms with Crippen molar-refractivity contribution in [3.05, 3.63) is 0 Å². The van der Waals surface area contributed by atoms with Crippen molar-refractivity contribution in [1.82, 2.24) is 10.4 Å². The Hall–Kier alpha value is -0.120. The second kappa shape index (κ2) is 5.58. The zero-order valence-electron chi connectivity index (χ0n) is 9.05. The first-order valence-electron chi connectivity index (χ1n) is 5.27. The third-order valence-corrected chi connectivity index (χ3v) is 2.42.